The SMILES string of the molecule is CC(C)(C)c1ccccc1N1C(=O)CCC1C(=O)O. The second kappa shape index (κ2) is 4.68. The third-order valence-corrected chi connectivity index (χ3v) is 3.47. The largest absolute Gasteiger partial charge is 0.480 e. The molecule has 19 heavy (non-hydrogen) atoms. The van der Waals surface area contributed by atoms with Gasteiger partial charge in [0, 0.05) is 12.1 Å². The molecule has 1 N–H and O–H groups in total. The van der Waals surface area contributed by atoms with Gasteiger partial charge in [-0.3, -0.25) is 9.69 Å². The van der Waals surface area contributed by atoms with Crippen molar-refractivity contribution in [1.29, 1.82) is 0 Å². The summed E-state index contributed by atoms with van der Waals surface area (Å²) in [6.07, 6.45) is 0.683. The molecule has 1 heterocycles. The molecule has 0 spiro atoms. The van der Waals surface area contributed by atoms with E-state index in [9.17, 15) is 14.7 Å². The van der Waals surface area contributed by atoms with Crippen molar-refractivity contribution < 1.29 is 14.7 Å². The van der Waals surface area contributed by atoms with Gasteiger partial charge in [-0.2, -0.15) is 0 Å². The standard InChI is InChI=1S/C15H19NO3/c1-15(2,3)10-6-4-5-7-11(10)16-12(14(18)19)8-9-13(16)17/h4-7,12H,8-9H2,1-3H3,(H,18,19). The summed E-state index contributed by atoms with van der Waals surface area (Å²) in [5.41, 5.74) is 1.59. The number of carboxylic acid groups (broad SMARTS) is 1. The minimum atomic E-state index is -0.936. The van der Waals surface area contributed by atoms with E-state index < -0.39 is 12.0 Å². The number of carbonyl (C=O) groups is 2. The summed E-state index contributed by atoms with van der Waals surface area (Å²) in [6.45, 7) is 6.17. The Balaban J connectivity index is 2.52. The van der Waals surface area contributed by atoms with Crippen LogP contribution in [0.4, 0.5) is 5.69 Å². The van der Waals surface area contributed by atoms with Gasteiger partial charge < -0.3 is 5.11 Å². The highest BCUT2D eigenvalue weighted by atomic mass is 16.4. The van der Waals surface area contributed by atoms with Crippen LogP contribution in [0.2, 0.25) is 0 Å². The number of hydrogen-bond donors (Lipinski definition) is 1. The molecule has 2 rings (SSSR count). The van der Waals surface area contributed by atoms with Crippen LogP contribution in [-0.2, 0) is 15.0 Å². The third kappa shape index (κ3) is 2.48. The lowest BCUT2D eigenvalue weighted by molar-refractivity contribution is -0.138. The molecule has 1 fully saturated rings. The number of carbonyl (C=O) groups excluding carboxylic acids is 1. The predicted molar refractivity (Wildman–Crippen MR) is 73.3 cm³/mol. The molecule has 1 aromatic carbocycles. The topological polar surface area (TPSA) is 57.6 Å². The van der Waals surface area contributed by atoms with Gasteiger partial charge in [-0.05, 0) is 23.5 Å². The second-order valence-corrected chi connectivity index (χ2v) is 5.92. The molecule has 102 valence electrons. The second-order valence-electron chi connectivity index (χ2n) is 5.92. The number of para-hydroxylation sites is 1. The molecule has 0 radical (unpaired) electrons. The first-order valence-corrected chi connectivity index (χ1v) is 6.47. The Morgan fingerprint density at radius 1 is 1.32 bits per heavy atom. The number of aliphatic carboxylic acids is 1. The van der Waals surface area contributed by atoms with Crippen LogP contribution >= 0.6 is 0 Å². The van der Waals surface area contributed by atoms with E-state index in [1.807, 2.05) is 24.3 Å². The Kier molecular flexibility index (Phi) is 3.35. The fourth-order valence-corrected chi connectivity index (χ4v) is 2.54. The zero-order valence-electron chi connectivity index (χ0n) is 11.5. The van der Waals surface area contributed by atoms with Gasteiger partial charge in [-0.25, -0.2) is 4.79 Å². The first-order valence-electron chi connectivity index (χ1n) is 6.47. The van der Waals surface area contributed by atoms with E-state index in [1.54, 1.807) is 0 Å². The highest BCUT2D eigenvalue weighted by Gasteiger charge is 2.38. The van der Waals surface area contributed by atoms with Crippen LogP contribution in [0, 0.1) is 0 Å². The minimum Gasteiger partial charge on any atom is -0.480 e. The van der Waals surface area contributed by atoms with Crippen LogP contribution in [-0.4, -0.2) is 23.0 Å². The molecule has 1 unspecified atom stereocenters. The Morgan fingerprint density at radius 3 is 2.53 bits per heavy atom. The fourth-order valence-electron chi connectivity index (χ4n) is 2.54. The van der Waals surface area contributed by atoms with Gasteiger partial charge in [-0.15, -0.1) is 0 Å². The molecular formula is C15H19NO3. The van der Waals surface area contributed by atoms with Crippen molar-refractivity contribution in [2.24, 2.45) is 0 Å². The number of hydrogen-bond acceptors (Lipinski definition) is 2. The van der Waals surface area contributed by atoms with Gasteiger partial charge in [0.1, 0.15) is 6.04 Å². The smallest absolute Gasteiger partial charge is 0.326 e. The van der Waals surface area contributed by atoms with Crippen LogP contribution in [0.5, 0.6) is 0 Å². The lowest BCUT2D eigenvalue weighted by Crippen LogP contribution is -2.39. The van der Waals surface area contributed by atoms with E-state index in [0.29, 0.717) is 12.8 Å². The van der Waals surface area contributed by atoms with Gasteiger partial charge >= 0.3 is 5.97 Å². The maximum absolute atomic E-state index is 12.0. The number of anilines is 1. The highest BCUT2D eigenvalue weighted by molar-refractivity contribution is 6.02. The Hall–Kier alpha value is -1.84. The van der Waals surface area contributed by atoms with Crippen molar-refractivity contribution in [2.45, 2.75) is 45.1 Å². The van der Waals surface area contributed by atoms with E-state index in [1.165, 1.54) is 4.90 Å². The average Bonchev–Trinajstić information content (AvgIpc) is 2.70. The zero-order chi connectivity index (χ0) is 14.2. The van der Waals surface area contributed by atoms with Crippen LogP contribution in [0.15, 0.2) is 24.3 Å². The molecule has 0 aliphatic carbocycles. The van der Waals surface area contributed by atoms with Crippen LogP contribution in [0.25, 0.3) is 0 Å². The molecule has 1 saturated heterocycles. The van der Waals surface area contributed by atoms with Crippen molar-refractivity contribution in [3.8, 4) is 0 Å². The monoisotopic (exact) mass is 261 g/mol. The van der Waals surface area contributed by atoms with E-state index in [0.717, 1.165) is 11.3 Å². The molecule has 1 aromatic rings. The van der Waals surface area contributed by atoms with E-state index >= 15 is 0 Å². The third-order valence-electron chi connectivity index (χ3n) is 3.47. The molecule has 1 aliphatic heterocycles. The van der Waals surface area contributed by atoms with Crippen LogP contribution in [0.3, 0.4) is 0 Å². The summed E-state index contributed by atoms with van der Waals surface area (Å²) in [5.74, 6) is -1.04. The van der Waals surface area contributed by atoms with Gasteiger partial charge in [0.05, 0.1) is 0 Å². The lowest BCUT2D eigenvalue weighted by Gasteiger charge is -2.29. The molecular weight excluding hydrogens is 242 g/mol. The molecule has 1 amide bonds. The Morgan fingerprint density at radius 2 is 1.95 bits per heavy atom. The predicted octanol–water partition coefficient (Wildman–Crippen LogP) is 2.56. The maximum Gasteiger partial charge on any atom is 0.326 e. The maximum atomic E-state index is 12.0. The van der Waals surface area contributed by atoms with Crippen molar-refractivity contribution in [1.82, 2.24) is 0 Å². The highest BCUT2D eigenvalue weighted by Crippen LogP contribution is 2.36. The minimum absolute atomic E-state index is 0.107. The summed E-state index contributed by atoms with van der Waals surface area (Å²) in [6, 6.07) is 6.81. The molecule has 4 heteroatoms. The molecule has 1 atom stereocenters. The van der Waals surface area contributed by atoms with Crippen LogP contribution < -0.4 is 4.90 Å². The molecule has 1 aliphatic rings. The van der Waals surface area contributed by atoms with Crippen LogP contribution in [0.1, 0.15) is 39.2 Å². The summed E-state index contributed by atoms with van der Waals surface area (Å²) in [7, 11) is 0. The van der Waals surface area contributed by atoms with Gasteiger partial charge in [-0.1, -0.05) is 39.0 Å². The summed E-state index contributed by atoms with van der Waals surface area (Å²) in [5, 5.41) is 9.26. The summed E-state index contributed by atoms with van der Waals surface area (Å²) in [4.78, 5) is 24.8. The van der Waals surface area contributed by atoms with Gasteiger partial charge in [0.15, 0.2) is 0 Å². The number of amides is 1. The quantitative estimate of drug-likeness (QED) is 0.890. The van der Waals surface area contributed by atoms with Crippen molar-refractivity contribution in [2.75, 3.05) is 4.90 Å². The number of rotatable bonds is 2. The van der Waals surface area contributed by atoms with E-state index in [-0.39, 0.29) is 11.3 Å². The molecule has 4 nitrogen and oxygen atoms in total. The fraction of sp³-hybridized carbons (Fsp3) is 0.467. The molecule has 0 saturated carbocycles. The first-order chi connectivity index (χ1) is 8.82. The molecule has 0 bridgehead atoms. The summed E-state index contributed by atoms with van der Waals surface area (Å²) < 4.78 is 0. The Bertz CT molecular complexity index is 516. The van der Waals surface area contributed by atoms with E-state index in [4.69, 9.17) is 0 Å². The lowest BCUT2D eigenvalue weighted by atomic mass is 9.85. The average molecular weight is 261 g/mol. The summed E-state index contributed by atoms with van der Waals surface area (Å²) >= 11 is 0. The normalized spacial score (nSPS) is 19.8. The van der Waals surface area contributed by atoms with Crippen molar-refractivity contribution in [3.05, 3.63) is 29.8 Å². The van der Waals surface area contributed by atoms with Crippen molar-refractivity contribution >= 4 is 17.6 Å². The number of carboxylic acids is 1. The van der Waals surface area contributed by atoms with Gasteiger partial charge in [0.2, 0.25) is 5.91 Å². The van der Waals surface area contributed by atoms with Crippen molar-refractivity contribution in [3.63, 3.8) is 0 Å². The first kappa shape index (κ1) is 13.6. The molecule has 0 aromatic heterocycles. The Labute approximate surface area is 113 Å². The number of benzene rings is 1. The zero-order valence-corrected chi connectivity index (χ0v) is 11.5. The number of nitrogens with zero attached hydrogens (tertiary/aromatic N) is 1. The van der Waals surface area contributed by atoms with Gasteiger partial charge in [0.25, 0.3) is 0 Å². The van der Waals surface area contributed by atoms with E-state index in [2.05, 4.69) is 20.8 Å².